The number of para-hydroxylation sites is 1. The molecule has 4 aromatic rings. The predicted molar refractivity (Wildman–Crippen MR) is 108 cm³/mol. The van der Waals surface area contributed by atoms with E-state index < -0.39 is 5.91 Å². The number of fused-ring (bicyclic) bond motifs is 1. The molecule has 0 unspecified atom stereocenters. The molecule has 1 aromatic carbocycles. The third kappa shape index (κ3) is 3.63. The summed E-state index contributed by atoms with van der Waals surface area (Å²) in [5.74, 6) is -0.699. The lowest BCUT2D eigenvalue weighted by Crippen LogP contribution is -2.42. The van der Waals surface area contributed by atoms with Crippen molar-refractivity contribution in [1.82, 2.24) is 25.8 Å². The fourth-order valence-electron chi connectivity index (χ4n) is 2.88. The van der Waals surface area contributed by atoms with Gasteiger partial charge in [-0.2, -0.15) is 0 Å². The Morgan fingerprint density at radius 1 is 1.11 bits per heavy atom. The molecule has 0 saturated heterocycles. The lowest BCUT2D eigenvalue weighted by Gasteiger charge is -2.06. The fourth-order valence-corrected chi connectivity index (χ4v) is 3.82. The summed E-state index contributed by atoms with van der Waals surface area (Å²) in [6.45, 7) is 1.76. The first-order chi connectivity index (χ1) is 13.6. The van der Waals surface area contributed by atoms with Crippen molar-refractivity contribution < 1.29 is 9.59 Å². The number of rotatable bonds is 4. The zero-order chi connectivity index (χ0) is 19.5. The Kier molecular flexibility index (Phi) is 4.86. The third-order valence-corrected chi connectivity index (χ3v) is 5.41. The van der Waals surface area contributed by atoms with Crippen molar-refractivity contribution in [2.45, 2.75) is 13.3 Å². The molecule has 8 heteroatoms. The van der Waals surface area contributed by atoms with Crippen LogP contribution in [0.4, 0.5) is 0 Å². The maximum atomic E-state index is 12.4. The largest absolute Gasteiger partial charge is 0.361 e. The SMILES string of the molecule is Cc1nc(-c2ccccn2)sc1C(=O)NNC(=O)Cc1c[nH]c2ccccc12. The number of carbonyl (C=O) groups excluding carboxylic acids is 2. The van der Waals surface area contributed by atoms with Crippen molar-refractivity contribution in [3.05, 3.63) is 71.0 Å². The van der Waals surface area contributed by atoms with Gasteiger partial charge in [-0.1, -0.05) is 24.3 Å². The van der Waals surface area contributed by atoms with Crippen molar-refractivity contribution in [3.63, 3.8) is 0 Å². The van der Waals surface area contributed by atoms with E-state index in [-0.39, 0.29) is 12.3 Å². The van der Waals surface area contributed by atoms with Crippen molar-refractivity contribution in [2.24, 2.45) is 0 Å². The highest BCUT2D eigenvalue weighted by atomic mass is 32.1. The summed E-state index contributed by atoms with van der Waals surface area (Å²) in [6, 6.07) is 13.3. The quantitative estimate of drug-likeness (QED) is 0.466. The van der Waals surface area contributed by atoms with Crippen molar-refractivity contribution in [1.29, 1.82) is 0 Å². The van der Waals surface area contributed by atoms with Crippen LogP contribution in [0.5, 0.6) is 0 Å². The number of hydrogen-bond acceptors (Lipinski definition) is 5. The van der Waals surface area contributed by atoms with Gasteiger partial charge in [-0.05, 0) is 30.7 Å². The molecular weight excluding hydrogens is 374 g/mol. The number of thiazole rings is 1. The summed E-state index contributed by atoms with van der Waals surface area (Å²) in [7, 11) is 0. The molecule has 0 radical (unpaired) electrons. The highest BCUT2D eigenvalue weighted by molar-refractivity contribution is 7.17. The molecule has 28 heavy (non-hydrogen) atoms. The number of nitrogens with zero attached hydrogens (tertiary/aromatic N) is 2. The molecule has 0 bridgehead atoms. The van der Waals surface area contributed by atoms with Crippen molar-refractivity contribution in [3.8, 4) is 10.7 Å². The second kappa shape index (κ2) is 7.61. The molecule has 3 N–H and O–H groups in total. The Morgan fingerprint density at radius 3 is 2.75 bits per heavy atom. The minimum Gasteiger partial charge on any atom is -0.361 e. The molecule has 0 spiro atoms. The van der Waals surface area contributed by atoms with Crippen LogP contribution >= 0.6 is 11.3 Å². The van der Waals surface area contributed by atoms with Crippen LogP contribution in [0.25, 0.3) is 21.6 Å². The first-order valence-corrected chi connectivity index (χ1v) is 9.46. The molecule has 0 fully saturated rings. The summed E-state index contributed by atoms with van der Waals surface area (Å²) in [6.07, 6.45) is 3.64. The minimum atomic E-state index is -0.399. The summed E-state index contributed by atoms with van der Waals surface area (Å²) in [4.78, 5) is 36.9. The van der Waals surface area contributed by atoms with Gasteiger partial charge in [0.05, 0.1) is 17.8 Å². The molecule has 4 rings (SSSR count). The number of hydrazine groups is 1. The fraction of sp³-hybridized carbons (Fsp3) is 0.100. The smallest absolute Gasteiger partial charge is 0.281 e. The Balaban J connectivity index is 1.40. The lowest BCUT2D eigenvalue weighted by atomic mass is 10.1. The van der Waals surface area contributed by atoms with Crippen LogP contribution in [-0.2, 0) is 11.2 Å². The summed E-state index contributed by atoms with van der Waals surface area (Å²) >= 11 is 1.24. The van der Waals surface area contributed by atoms with Gasteiger partial charge in [0.1, 0.15) is 9.88 Å². The number of hydrogen-bond donors (Lipinski definition) is 3. The average Bonchev–Trinajstić information content (AvgIpc) is 3.31. The monoisotopic (exact) mass is 391 g/mol. The van der Waals surface area contributed by atoms with Crippen LogP contribution in [0.15, 0.2) is 54.9 Å². The van der Waals surface area contributed by atoms with E-state index in [9.17, 15) is 9.59 Å². The maximum Gasteiger partial charge on any atom is 0.281 e. The number of aromatic nitrogens is 3. The lowest BCUT2D eigenvalue weighted by molar-refractivity contribution is -0.121. The van der Waals surface area contributed by atoms with Gasteiger partial charge in [-0.15, -0.1) is 11.3 Å². The number of carbonyl (C=O) groups is 2. The topological polar surface area (TPSA) is 99.8 Å². The second-order valence-electron chi connectivity index (χ2n) is 6.19. The second-order valence-corrected chi connectivity index (χ2v) is 7.19. The zero-order valence-electron chi connectivity index (χ0n) is 15.0. The van der Waals surface area contributed by atoms with E-state index in [1.807, 2.05) is 42.5 Å². The molecule has 3 aromatic heterocycles. The first-order valence-electron chi connectivity index (χ1n) is 8.65. The van der Waals surface area contributed by atoms with E-state index in [0.717, 1.165) is 16.5 Å². The molecular formula is C20H17N5O2S. The Labute approximate surface area is 164 Å². The summed E-state index contributed by atoms with van der Waals surface area (Å²) in [5, 5.41) is 1.65. The molecule has 0 aliphatic rings. The van der Waals surface area contributed by atoms with Gasteiger partial charge in [-0.3, -0.25) is 25.4 Å². The molecule has 140 valence electrons. The van der Waals surface area contributed by atoms with Gasteiger partial charge in [-0.25, -0.2) is 4.98 Å². The normalized spacial score (nSPS) is 10.8. The van der Waals surface area contributed by atoms with Crippen molar-refractivity contribution >= 4 is 34.1 Å². The van der Waals surface area contributed by atoms with Crippen LogP contribution in [0.2, 0.25) is 0 Å². The highest BCUT2D eigenvalue weighted by Gasteiger charge is 2.17. The van der Waals surface area contributed by atoms with Crippen LogP contribution in [0.3, 0.4) is 0 Å². The van der Waals surface area contributed by atoms with Crippen molar-refractivity contribution in [2.75, 3.05) is 0 Å². The van der Waals surface area contributed by atoms with E-state index in [2.05, 4.69) is 25.8 Å². The van der Waals surface area contributed by atoms with Crippen LogP contribution in [0.1, 0.15) is 20.9 Å². The molecule has 0 saturated carbocycles. The minimum absolute atomic E-state index is 0.158. The predicted octanol–water partition coefficient (Wildman–Crippen LogP) is 3.00. The number of aromatic amines is 1. The Bertz CT molecular complexity index is 1150. The third-order valence-electron chi connectivity index (χ3n) is 4.23. The molecule has 0 atom stereocenters. The maximum absolute atomic E-state index is 12.4. The number of pyridine rings is 1. The van der Waals surface area contributed by atoms with Gasteiger partial charge in [0.15, 0.2) is 0 Å². The number of aryl methyl sites for hydroxylation is 1. The molecule has 0 aliphatic heterocycles. The molecule has 3 heterocycles. The van der Waals surface area contributed by atoms with E-state index in [1.54, 1.807) is 19.3 Å². The number of benzene rings is 1. The van der Waals surface area contributed by atoms with E-state index in [0.29, 0.717) is 21.3 Å². The molecule has 0 aliphatic carbocycles. The van der Waals surface area contributed by atoms with Gasteiger partial charge in [0, 0.05) is 23.3 Å². The summed E-state index contributed by atoms with van der Waals surface area (Å²) in [5.41, 5.74) is 8.07. The average molecular weight is 391 g/mol. The zero-order valence-corrected chi connectivity index (χ0v) is 15.8. The van der Waals surface area contributed by atoms with Crippen LogP contribution < -0.4 is 10.9 Å². The number of H-pyrrole nitrogens is 1. The van der Waals surface area contributed by atoms with E-state index >= 15 is 0 Å². The number of amides is 2. The Morgan fingerprint density at radius 2 is 1.93 bits per heavy atom. The van der Waals surface area contributed by atoms with E-state index in [1.165, 1.54) is 11.3 Å². The van der Waals surface area contributed by atoms with Gasteiger partial charge < -0.3 is 4.98 Å². The van der Waals surface area contributed by atoms with E-state index in [4.69, 9.17) is 0 Å². The van der Waals surface area contributed by atoms with Crippen LogP contribution in [-0.4, -0.2) is 26.8 Å². The van der Waals surface area contributed by atoms with Gasteiger partial charge >= 0.3 is 0 Å². The Hall–Kier alpha value is -3.52. The summed E-state index contributed by atoms with van der Waals surface area (Å²) < 4.78 is 0. The molecule has 7 nitrogen and oxygen atoms in total. The standard InChI is InChI=1S/C20H17N5O2S/c1-12-18(28-20(23-12)16-8-4-5-9-21-16)19(27)25-24-17(26)10-13-11-22-15-7-3-2-6-14(13)15/h2-9,11,22H,10H2,1H3,(H,24,26)(H,25,27). The number of nitrogens with one attached hydrogen (secondary N) is 3. The van der Waals surface area contributed by atoms with Gasteiger partial charge in [0.25, 0.3) is 5.91 Å². The van der Waals surface area contributed by atoms with Crippen LogP contribution in [0, 0.1) is 6.92 Å². The van der Waals surface area contributed by atoms with Gasteiger partial charge in [0.2, 0.25) is 5.91 Å². The first kappa shape index (κ1) is 17.9. The highest BCUT2D eigenvalue weighted by Crippen LogP contribution is 2.26. The molecule has 2 amide bonds.